The maximum atomic E-state index is 11.0. The van der Waals surface area contributed by atoms with E-state index in [9.17, 15) is 5.11 Å². The molecule has 1 unspecified atom stereocenters. The normalized spacial score (nSPS) is 20.9. The summed E-state index contributed by atoms with van der Waals surface area (Å²) in [6.45, 7) is 5.13. The molecule has 1 aliphatic rings. The van der Waals surface area contributed by atoms with Gasteiger partial charge in [0, 0.05) is 12.5 Å². The number of hydrogen-bond donors (Lipinski definition) is 1. The highest BCUT2D eigenvalue weighted by Crippen LogP contribution is 2.34. The second-order valence-electron chi connectivity index (χ2n) is 6.54. The van der Waals surface area contributed by atoms with E-state index in [0.29, 0.717) is 24.0 Å². The van der Waals surface area contributed by atoms with Gasteiger partial charge >= 0.3 is 0 Å². The molecule has 0 aliphatic carbocycles. The van der Waals surface area contributed by atoms with E-state index in [2.05, 4.69) is 22.1 Å². The summed E-state index contributed by atoms with van der Waals surface area (Å²) in [7, 11) is 2.07. The highest BCUT2D eigenvalue weighted by molar-refractivity contribution is 5.31. The van der Waals surface area contributed by atoms with Gasteiger partial charge in [0.05, 0.1) is 0 Å². The van der Waals surface area contributed by atoms with Crippen LogP contribution in [0.1, 0.15) is 44.0 Å². The van der Waals surface area contributed by atoms with Crippen molar-refractivity contribution >= 4 is 0 Å². The van der Waals surface area contributed by atoms with E-state index in [1.165, 1.54) is 0 Å². The number of hydrogen-bond acceptors (Lipinski definition) is 6. The van der Waals surface area contributed by atoms with Crippen molar-refractivity contribution in [3.05, 3.63) is 41.6 Å². The molecular weight excluding hydrogens is 306 g/mol. The smallest absolute Gasteiger partial charge is 0.253 e. The van der Waals surface area contributed by atoms with Crippen LogP contribution in [-0.4, -0.2) is 39.8 Å². The fraction of sp³-hybridized carbons (Fsp3) is 0.556. The Balaban J connectivity index is 1.64. The van der Waals surface area contributed by atoms with Crippen LogP contribution in [0.5, 0.6) is 5.75 Å². The molecule has 1 saturated heterocycles. The van der Waals surface area contributed by atoms with Crippen LogP contribution in [-0.2, 0) is 18.6 Å². The zero-order chi connectivity index (χ0) is 17.2. The van der Waals surface area contributed by atoms with Gasteiger partial charge in [-0.15, -0.1) is 10.2 Å². The summed E-state index contributed by atoms with van der Waals surface area (Å²) >= 11 is 0. The Bertz CT molecular complexity index is 666. The molecule has 0 radical (unpaired) electrons. The number of aliphatic hydroxyl groups is 1. The molecule has 2 aromatic rings. The Hall–Kier alpha value is -1.92. The fourth-order valence-electron chi connectivity index (χ4n) is 3.34. The highest BCUT2D eigenvalue weighted by atomic mass is 16.5. The summed E-state index contributed by atoms with van der Waals surface area (Å²) in [6.07, 6.45) is 2.85. The molecule has 0 saturated carbocycles. The lowest BCUT2D eigenvalue weighted by molar-refractivity contribution is -0.0153. The van der Waals surface area contributed by atoms with Crippen LogP contribution < -0.4 is 4.74 Å². The zero-order valence-corrected chi connectivity index (χ0v) is 14.5. The Morgan fingerprint density at radius 1 is 1.29 bits per heavy atom. The van der Waals surface area contributed by atoms with Gasteiger partial charge in [-0.2, -0.15) is 0 Å². The summed E-state index contributed by atoms with van der Waals surface area (Å²) in [5.41, 5.74) is 0.0337. The topological polar surface area (TPSA) is 71.6 Å². The number of benzene rings is 1. The summed E-state index contributed by atoms with van der Waals surface area (Å²) in [4.78, 5) is 2.23. The predicted molar refractivity (Wildman–Crippen MR) is 89.7 cm³/mol. The molecule has 0 spiro atoms. The van der Waals surface area contributed by atoms with Gasteiger partial charge in [0.1, 0.15) is 11.4 Å². The van der Waals surface area contributed by atoms with Crippen molar-refractivity contribution in [3.8, 4) is 5.75 Å². The van der Waals surface area contributed by atoms with Gasteiger partial charge in [-0.25, -0.2) is 0 Å². The summed E-state index contributed by atoms with van der Waals surface area (Å²) < 4.78 is 11.1. The molecule has 1 aromatic carbocycles. The minimum atomic E-state index is -0.869. The lowest BCUT2D eigenvalue weighted by Gasteiger charge is -2.35. The van der Waals surface area contributed by atoms with Gasteiger partial charge < -0.3 is 19.2 Å². The molecule has 1 fully saturated rings. The lowest BCUT2D eigenvalue weighted by Crippen LogP contribution is -2.43. The molecular formula is C18H25N3O3. The van der Waals surface area contributed by atoms with Gasteiger partial charge in [0.15, 0.2) is 6.61 Å². The van der Waals surface area contributed by atoms with E-state index in [4.69, 9.17) is 9.15 Å². The molecule has 6 heteroatoms. The molecule has 1 aromatic heterocycles. The molecule has 2 heterocycles. The molecule has 6 nitrogen and oxygen atoms in total. The maximum absolute atomic E-state index is 11.0. The van der Waals surface area contributed by atoms with E-state index >= 15 is 0 Å². The van der Waals surface area contributed by atoms with Crippen molar-refractivity contribution < 1.29 is 14.3 Å². The molecule has 0 amide bonds. The van der Waals surface area contributed by atoms with E-state index < -0.39 is 5.60 Å². The van der Waals surface area contributed by atoms with Crippen molar-refractivity contribution in [2.24, 2.45) is 0 Å². The van der Waals surface area contributed by atoms with E-state index in [0.717, 1.165) is 24.9 Å². The van der Waals surface area contributed by atoms with E-state index in [1.54, 1.807) is 0 Å². The number of ether oxygens (including phenoxy) is 1. The Kier molecular flexibility index (Phi) is 4.87. The molecule has 0 bridgehead atoms. The molecule has 1 aliphatic heterocycles. The van der Waals surface area contributed by atoms with Crippen molar-refractivity contribution in [2.75, 3.05) is 13.6 Å². The Morgan fingerprint density at radius 2 is 2.00 bits per heavy atom. The first-order chi connectivity index (χ1) is 11.5. The maximum Gasteiger partial charge on any atom is 0.253 e. The van der Waals surface area contributed by atoms with Crippen LogP contribution in [0.15, 0.2) is 28.7 Å². The largest absolute Gasteiger partial charge is 0.484 e. The van der Waals surface area contributed by atoms with Crippen LogP contribution in [0.4, 0.5) is 0 Å². The first-order valence-corrected chi connectivity index (χ1v) is 8.48. The van der Waals surface area contributed by atoms with Crippen LogP contribution in [0, 0.1) is 0 Å². The Morgan fingerprint density at radius 3 is 2.58 bits per heavy atom. The molecule has 24 heavy (non-hydrogen) atoms. The van der Waals surface area contributed by atoms with Gasteiger partial charge in [-0.1, -0.05) is 19.1 Å². The van der Waals surface area contributed by atoms with Crippen LogP contribution in [0.3, 0.4) is 0 Å². The van der Waals surface area contributed by atoms with Crippen molar-refractivity contribution in [1.82, 2.24) is 15.1 Å². The third-order valence-corrected chi connectivity index (χ3v) is 4.78. The summed E-state index contributed by atoms with van der Waals surface area (Å²) in [6, 6.07) is 7.74. The van der Waals surface area contributed by atoms with Gasteiger partial charge in [-0.3, -0.25) is 0 Å². The van der Waals surface area contributed by atoms with E-state index in [-0.39, 0.29) is 12.6 Å². The minimum absolute atomic E-state index is 0.148. The van der Waals surface area contributed by atoms with Gasteiger partial charge in [0.25, 0.3) is 5.89 Å². The highest BCUT2D eigenvalue weighted by Gasteiger charge is 2.38. The molecule has 3 rings (SSSR count). The molecule has 1 N–H and O–H groups in total. The average Bonchev–Trinajstić information content (AvgIpc) is 3.22. The van der Waals surface area contributed by atoms with E-state index in [1.807, 2.05) is 38.1 Å². The third kappa shape index (κ3) is 3.44. The van der Waals surface area contributed by atoms with Crippen molar-refractivity contribution in [3.63, 3.8) is 0 Å². The number of aromatic nitrogens is 2. The van der Waals surface area contributed by atoms with Crippen molar-refractivity contribution in [2.45, 2.75) is 51.4 Å². The average molecular weight is 331 g/mol. The number of rotatable bonds is 6. The molecule has 130 valence electrons. The van der Waals surface area contributed by atoms with Crippen LogP contribution in [0.25, 0.3) is 0 Å². The first-order valence-electron chi connectivity index (χ1n) is 8.48. The molecule has 2 atom stereocenters. The van der Waals surface area contributed by atoms with Gasteiger partial charge in [0.2, 0.25) is 5.89 Å². The second kappa shape index (κ2) is 6.91. The SMILES string of the molecule is CCc1nnc(COc2ccc(C(C)(O)[C@H]3CCCN3C)cc2)o1. The quantitative estimate of drug-likeness (QED) is 0.877. The lowest BCUT2D eigenvalue weighted by atomic mass is 9.87. The summed E-state index contributed by atoms with van der Waals surface area (Å²) in [5.74, 6) is 1.79. The number of aryl methyl sites for hydroxylation is 1. The monoisotopic (exact) mass is 331 g/mol. The number of likely N-dealkylation sites (tertiary alicyclic amines) is 1. The Labute approximate surface area is 142 Å². The predicted octanol–water partition coefficient (Wildman–Crippen LogP) is 2.51. The second-order valence-corrected chi connectivity index (χ2v) is 6.54. The van der Waals surface area contributed by atoms with Crippen molar-refractivity contribution in [1.29, 1.82) is 0 Å². The van der Waals surface area contributed by atoms with Gasteiger partial charge in [-0.05, 0) is 51.1 Å². The zero-order valence-electron chi connectivity index (χ0n) is 14.5. The standard InChI is InChI=1S/C18H25N3O3/c1-4-16-19-20-17(24-16)12-23-14-9-7-13(8-10-14)18(2,22)15-6-5-11-21(15)3/h7-10,15,22H,4-6,11-12H2,1-3H3/t15-,18?/m1/s1. The minimum Gasteiger partial charge on any atom is -0.484 e. The summed E-state index contributed by atoms with van der Waals surface area (Å²) in [5, 5.41) is 18.8. The van der Waals surface area contributed by atoms with Crippen LogP contribution >= 0.6 is 0 Å². The third-order valence-electron chi connectivity index (χ3n) is 4.78. The number of nitrogens with zero attached hydrogens (tertiary/aromatic N) is 3. The number of likely N-dealkylation sites (N-methyl/N-ethyl adjacent to an activating group) is 1. The first kappa shape index (κ1) is 16.9. The fourth-order valence-corrected chi connectivity index (χ4v) is 3.34. The van der Waals surface area contributed by atoms with Crippen LogP contribution in [0.2, 0.25) is 0 Å².